The molecule has 0 radical (unpaired) electrons. The second-order valence-corrected chi connectivity index (χ2v) is 5.21. The molecule has 0 aromatic carbocycles. The monoisotopic (exact) mass is 262 g/mol. The van der Waals surface area contributed by atoms with Crippen molar-refractivity contribution in [1.29, 1.82) is 0 Å². The molecule has 2 aromatic rings. The molecule has 0 aliphatic carbocycles. The standard InChI is InChI=1S/C13H22N6/c1-9(2)12-11(14)13(19(5)16-12)18(4)8-10-15-6-7-17(10)3/h6-7,9H,8,14H2,1-5H3. The molecule has 0 unspecified atom stereocenters. The second kappa shape index (κ2) is 4.95. The van der Waals surface area contributed by atoms with E-state index >= 15 is 0 Å². The van der Waals surface area contributed by atoms with Crippen LogP contribution in [0, 0.1) is 0 Å². The number of imidazole rings is 1. The maximum atomic E-state index is 6.22. The highest BCUT2D eigenvalue weighted by molar-refractivity contribution is 5.66. The van der Waals surface area contributed by atoms with Gasteiger partial charge in [0.05, 0.1) is 17.9 Å². The summed E-state index contributed by atoms with van der Waals surface area (Å²) in [5.41, 5.74) is 7.93. The molecule has 2 rings (SSSR count). The Hall–Kier alpha value is -1.98. The van der Waals surface area contributed by atoms with Gasteiger partial charge in [0, 0.05) is 33.5 Å². The molecule has 0 aliphatic rings. The number of hydrogen-bond donors (Lipinski definition) is 1. The number of aryl methyl sites for hydroxylation is 2. The largest absolute Gasteiger partial charge is 0.394 e. The van der Waals surface area contributed by atoms with Gasteiger partial charge in [-0.15, -0.1) is 0 Å². The molecular formula is C13H22N6. The van der Waals surface area contributed by atoms with Crippen LogP contribution < -0.4 is 10.6 Å². The lowest BCUT2D eigenvalue weighted by Crippen LogP contribution is -2.22. The van der Waals surface area contributed by atoms with Gasteiger partial charge in [-0.25, -0.2) is 4.98 Å². The van der Waals surface area contributed by atoms with Crippen LogP contribution in [0.25, 0.3) is 0 Å². The summed E-state index contributed by atoms with van der Waals surface area (Å²) in [6.45, 7) is 4.90. The van der Waals surface area contributed by atoms with Crippen LogP contribution in [0.2, 0.25) is 0 Å². The zero-order valence-corrected chi connectivity index (χ0v) is 12.3. The third kappa shape index (κ3) is 2.43. The lowest BCUT2D eigenvalue weighted by atomic mass is 10.1. The lowest BCUT2D eigenvalue weighted by Gasteiger charge is -2.19. The van der Waals surface area contributed by atoms with Crippen molar-refractivity contribution in [1.82, 2.24) is 19.3 Å². The number of hydrogen-bond acceptors (Lipinski definition) is 4. The maximum Gasteiger partial charge on any atom is 0.150 e. The highest BCUT2D eigenvalue weighted by Crippen LogP contribution is 2.30. The summed E-state index contributed by atoms with van der Waals surface area (Å²) in [7, 11) is 5.92. The van der Waals surface area contributed by atoms with Crippen molar-refractivity contribution in [2.24, 2.45) is 14.1 Å². The van der Waals surface area contributed by atoms with Crippen LogP contribution in [0.15, 0.2) is 12.4 Å². The summed E-state index contributed by atoms with van der Waals surface area (Å²) in [5, 5.41) is 4.51. The van der Waals surface area contributed by atoms with Gasteiger partial charge in [0.25, 0.3) is 0 Å². The van der Waals surface area contributed by atoms with E-state index in [-0.39, 0.29) is 0 Å². The fourth-order valence-corrected chi connectivity index (χ4v) is 2.27. The maximum absolute atomic E-state index is 6.22. The van der Waals surface area contributed by atoms with E-state index < -0.39 is 0 Å². The molecule has 19 heavy (non-hydrogen) atoms. The number of nitrogens with zero attached hydrogens (tertiary/aromatic N) is 5. The Morgan fingerprint density at radius 1 is 1.37 bits per heavy atom. The average Bonchev–Trinajstić information content (AvgIpc) is 2.84. The van der Waals surface area contributed by atoms with Crippen molar-refractivity contribution in [3.63, 3.8) is 0 Å². The van der Waals surface area contributed by atoms with E-state index in [1.165, 1.54) is 0 Å². The first-order chi connectivity index (χ1) is 8.91. The van der Waals surface area contributed by atoms with Crippen molar-refractivity contribution >= 4 is 11.5 Å². The summed E-state index contributed by atoms with van der Waals surface area (Å²) in [5.74, 6) is 2.25. The molecule has 0 spiro atoms. The molecule has 0 saturated heterocycles. The molecule has 2 aromatic heterocycles. The van der Waals surface area contributed by atoms with Gasteiger partial charge in [-0.3, -0.25) is 4.68 Å². The van der Waals surface area contributed by atoms with Crippen molar-refractivity contribution in [2.45, 2.75) is 26.3 Å². The van der Waals surface area contributed by atoms with Crippen LogP contribution in [-0.4, -0.2) is 26.4 Å². The van der Waals surface area contributed by atoms with E-state index in [1.807, 2.05) is 36.6 Å². The zero-order chi connectivity index (χ0) is 14.2. The molecule has 0 bridgehead atoms. The second-order valence-electron chi connectivity index (χ2n) is 5.21. The van der Waals surface area contributed by atoms with Crippen molar-refractivity contribution in [2.75, 3.05) is 17.7 Å². The summed E-state index contributed by atoms with van der Waals surface area (Å²) in [4.78, 5) is 6.41. The minimum Gasteiger partial charge on any atom is -0.394 e. The minimum absolute atomic E-state index is 0.321. The third-order valence-electron chi connectivity index (χ3n) is 3.29. The molecule has 0 aliphatic heterocycles. The fraction of sp³-hybridized carbons (Fsp3) is 0.538. The van der Waals surface area contributed by atoms with E-state index in [0.717, 1.165) is 23.0 Å². The van der Waals surface area contributed by atoms with Gasteiger partial charge in [-0.2, -0.15) is 5.10 Å². The first kappa shape index (κ1) is 13.5. The summed E-state index contributed by atoms with van der Waals surface area (Å²) in [6.07, 6.45) is 3.74. The summed E-state index contributed by atoms with van der Waals surface area (Å²) < 4.78 is 3.85. The minimum atomic E-state index is 0.321. The highest BCUT2D eigenvalue weighted by Gasteiger charge is 2.19. The highest BCUT2D eigenvalue weighted by atomic mass is 15.4. The number of aromatic nitrogens is 4. The van der Waals surface area contributed by atoms with Crippen molar-refractivity contribution in [3.05, 3.63) is 23.9 Å². The quantitative estimate of drug-likeness (QED) is 0.906. The summed E-state index contributed by atoms with van der Waals surface area (Å²) in [6, 6.07) is 0. The Labute approximate surface area is 113 Å². The molecule has 2 heterocycles. The van der Waals surface area contributed by atoms with E-state index in [2.05, 4.69) is 28.8 Å². The molecule has 6 nitrogen and oxygen atoms in total. The Balaban J connectivity index is 2.29. The Morgan fingerprint density at radius 3 is 2.53 bits per heavy atom. The fourth-order valence-electron chi connectivity index (χ4n) is 2.27. The van der Waals surface area contributed by atoms with Crippen LogP contribution in [0.3, 0.4) is 0 Å². The van der Waals surface area contributed by atoms with Gasteiger partial charge in [0.2, 0.25) is 0 Å². The topological polar surface area (TPSA) is 64.9 Å². The molecule has 0 fully saturated rings. The SMILES string of the molecule is CC(C)c1nn(C)c(N(C)Cc2nccn2C)c1N. The number of nitrogens with two attached hydrogens (primary N) is 1. The number of nitrogen functional groups attached to an aromatic ring is 1. The average molecular weight is 262 g/mol. The van der Waals surface area contributed by atoms with Gasteiger partial charge < -0.3 is 15.2 Å². The van der Waals surface area contributed by atoms with E-state index in [1.54, 1.807) is 6.20 Å². The molecule has 2 N–H and O–H groups in total. The van der Waals surface area contributed by atoms with Crippen molar-refractivity contribution in [3.8, 4) is 0 Å². The van der Waals surface area contributed by atoms with Crippen LogP contribution >= 0.6 is 0 Å². The Bertz CT molecular complexity index is 566. The molecule has 0 atom stereocenters. The number of rotatable bonds is 4. The van der Waals surface area contributed by atoms with Crippen LogP contribution in [0.4, 0.5) is 11.5 Å². The van der Waals surface area contributed by atoms with Gasteiger partial charge in [0.1, 0.15) is 5.82 Å². The normalized spacial score (nSPS) is 11.3. The molecule has 0 saturated carbocycles. The van der Waals surface area contributed by atoms with Gasteiger partial charge in [0.15, 0.2) is 5.82 Å². The van der Waals surface area contributed by atoms with Crippen LogP contribution in [0.1, 0.15) is 31.3 Å². The Morgan fingerprint density at radius 2 is 2.05 bits per heavy atom. The zero-order valence-electron chi connectivity index (χ0n) is 12.3. The third-order valence-corrected chi connectivity index (χ3v) is 3.29. The van der Waals surface area contributed by atoms with E-state index in [9.17, 15) is 0 Å². The van der Waals surface area contributed by atoms with Gasteiger partial charge in [-0.1, -0.05) is 13.8 Å². The molecule has 0 amide bonds. The van der Waals surface area contributed by atoms with Gasteiger partial charge in [-0.05, 0) is 5.92 Å². The Kier molecular flexibility index (Phi) is 3.50. The lowest BCUT2D eigenvalue weighted by molar-refractivity contribution is 0.685. The van der Waals surface area contributed by atoms with Gasteiger partial charge >= 0.3 is 0 Å². The number of anilines is 2. The molecule has 6 heteroatoms. The molecule has 104 valence electrons. The first-order valence-corrected chi connectivity index (χ1v) is 6.41. The summed E-state index contributed by atoms with van der Waals surface area (Å²) >= 11 is 0. The first-order valence-electron chi connectivity index (χ1n) is 6.41. The molecular weight excluding hydrogens is 240 g/mol. The van der Waals surface area contributed by atoms with Crippen LogP contribution in [-0.2, 0) is 20.6 Å². The van der Waals surface area contributed by atoms with E-state index in [4.69, 9.17) is 5.73 Å². The van der Waals surface area contributed by atoms with Crippen LogP contribution in [0.5, 0.6) is 0 Å². The smallest absolute Gasteiger partial charge is 0.150 e. The predicted molar refractivity (Wildman–Crippen MR) is 77.0 cm³/mol. The van der Waals surface area contributed by atoms with E-state index in [0.29, 0.717) is 12.5 Å². The predicted octanol–water partition coefficient (Wildman–Crippen LogP) is 1.50. The van der Waals surface area contributed by atoms with Crippen molar-refractivity contribution < 1.29 is 0 Å².